The zero-order valence-electron chi connectivity index (χ0n) is 22.1. The van der Waals surface area contributed by atoms with Crippen molar-refractivity contribution in [3.8, 4) is 0 Å². The van der Waals surface area contributed by atoms with Crippen LogP contribution in [0.15, 0.2) is 22.8 Å². The third-order valence-corrected chi connectivity index (χ3v) is 11.5. The minimum Gasteiger partial charge on any atom is -0.393 e. The maximum Gasteiger partial charge on any atom is 0.159 e. The van der Waals surface area contributed by atoms with Crippen molar-refractivity contribution in [1.82, 2.24) is 0 Å². The molecule has 0 radical (unpaired) electrons. The Morgan fingerprint density at radius 2 is 1.78 bits per heavy atom. The van der Waals surface area contributed by atoms with Gasteiger partial charge in [-0.3, -0.25) is 4.79 Å². The van der Waals surface area contributed by atoms with Gasteiger partial charge >= 0.3 is 0 Å². The lowest BCUT2D eigenvalue weighted by Crippen LogP contribution is -2.57. The second-order valence-electron chi connectivity index (χ2n) is 13.6. The number of hydrogen-bond donors (Lipinski definition) is 1. The minimum atomic E-state index is -0.294. The molecular formula is C30H48O2. The third-order valence-electron chi connectivity index (χ3n) is 11.5. The van der Waals surface area contributed by atoms with Crippen molar-refractivity contribution in [2.75, 3.05) is 0 Å². The fraction of sp³-hybridized carbons (Fsp3) is 0.833. The molecule has 0 unspecified atom stereocenters. The Kier molecular flexibility index (Phi) is 5.93. The highest BCUT2D eigenvalue weighted by molar-refractivity contribution is 5.99. The van der Waals surface area contributed by atoms with Gasteiger partial charge in [0.15, 0.2) is 5.78 Å². The summed E-state index contributed by atoms with van der Waals surface area (Å²) in [6.07, 6.45) is 11.8. The third kappa shape index (κ3) is 3.25. The Morgan fingerprint density at radius 1 is 1.09 bits per heavy atom. The van der Waals surface area contributed by atoms with E-state index in [2.05, 4.69) is 61.5 Å². The molecule has 0 heterocycles. The van der Waals surface area contributed by atoms with E-state index in [4.69, 9.17) is 0 Å². The molecule has 0 aromatic heterocycles. The molecule has 2 nitrogen and oxygen atoms in total. The van der Waals surface area contributed by atoms with Crippen molar-refractivity contribution >= 4 is 5.78 Å². The van der Waals surface area contributed by atoms with Crippen LogP contribution >= 0.6 is 0 Å². The van der Waals surface area contributed by atoms with Crippen LogP contribution in [0.4, 0.5) is 0 Å². The summed E-state index contributed by atoms with van der Waals surface area (Å²) in [4.78, 5) is 13.9. The summed E-state index contributed by atoms with van der Waals surface area (Å²) in [5, 5.41) is 10.8. The van der Waals surface area contributed by atoms with E-state index in [1.165, 1.54) is 48.8 Å². The van der Waals surface area contributed by atoms with Gasteiger partial charge in [0.2, 0.25) is 0 Å². The van der Waals surface area contributed by atoms with Gasteiger partial charge in [-0.05, 0) is 99.2 Å². The van der Waals surface area contributed by atoms with Gasteiger partial charge in [-0.15, -0.1) is 0 Å². The summed E-state index contributed by atoms with van der Waals surface area (Å²) in [6.45, 7) is 18.7. The number of carbonyl (C=O) groups is 1. The zero-order valence-corrected chi connectivity index (χ0v) is 22.1. The summed E-state index contributed by atoms with van der Waals surface area (Å²) in [7, 11) is 0. The standard InChI is InChI=1S/C30H48O2/c1-19(2)10-9-11-20(3)21-12-17-30(8)26-22(13-16-29(21,30)7)28(6)15-14-25(32)27(4,5)24(28)18-23(26)31/h10,20-21,24-25,32H,9,11-18H2,1-8H3/t20-,21-,24+,25+,28-,29-,30+/m1/s1. The number of carbonyl (C=O) groups excluding carboxylic acids is 1. The highest BCUT2D eigenvalue weighted by Crippen LogP contribution is 2.71. The fourth-order valence-corrected chi connectivity index (χ4v) is 9.14. The minimum absolute atomic E-state index is 0.0152. The number of Topliss-reactive ketones (excluding diaryl/α,β-unsaturated/α-hetero) is 1. The average Bonchev–Trinajstić information content (AvgIpc) is 2.98. The van der Waals surface area contributed by atoms with Crippen LogP contribution in [-0.4, -0.2) is 17.0 Å². The maximum absolute atomic E-state index is 13.9. The first kappa shape index (κ1) is 24.2. The van der Waals surface area contributed by atoms with E-state index >= 15 is 0 Å². The summed E-state index contributed by atoms with van der Waals surface area (Å²) < 4.78 is 0. The van der Waals surface area contributed by atoms with Crippen LogP contribution in [0.3, 0.4) is 0 Å². The van der Waals surface area contributed by atoms with Gasteiger partial charge in [0, 0.05) is 17.4 Å². The van der Waals surface area contributed by atoms with Crippen molar-refractivity contribution in [2.24, 2.45) is 39.4 Å². The van der Waals surface area contributed by atoms with Crippen molar-refractivity contribution in [2.45, 2.75) is 119 Å². The molecule has 4 rings (SSSR count). The first-order chi connectivity index (χ1) is 14.8. The molecule has 0 spiro atoms. The number of allylic oxidation sites excluding steroid dienone is 4. The van der Waals surface area contributed by atoms with Gasteiger partial charge < -0.3 is 5.11 Å². The number of aliphatic hydroxyl groups excluding tert-OH is 1. The summed E-state index contributed by atoms with van der Waals surface area (Å²) in [5.41, 5.74) is 4.28. The van der Waals surface area contributed by atoms with Crippen LogP contribution < -0.4 is 0 Å². The van der Waals surface area contributed by atoms with Crippen LogP contribution in [0.25, 0.3) is 0 Å². The predicted molar refractivity (Wildman–Crippen MR) is 133 cm³/mol. The van der Waals surface area contributed by atoms with Crippen molar-refractivity contribution in [3.63, 3.8) is 0 Å². The van der Waals surface area contributed by atoms with Crippen LogP contribution in [0.5, 0.6) is 0 Å². The second-order valence-corrected chi connectivity index (χ2v) is 13.6. The lowest BCUT2D eigenvalue weighted by Gasteiger charge is -2.61. The molecule has 2 fully saturated rings. The van der Waals surface area contributed by atoms with E-state index in [9.17, 15) is 9.90 Å². The number of fused-ring (bicyclic) bond motifs is 4. The van der Waals surface area contributed by atoms with E-state index in [0.717, 1.165) is 19.3 Å². The van der Waals surface area contributed by atoms with E-state index in [-0.39, 0.29) is 33.7 Å². The van der Waals surface area contributed by atoms with Crippen molar-refractivity contribution in [1.29, 1.82) is 0 Å². The smallest absolute Gasteiger partial charge is 0.159 e. The molecule has 0 bridgehead atoms. The molecule has 0 aromatic carbocycles. The first-order valence-corrected chi connectivity index (χ1v) is 13.4. The van der Waals surface area contributed by atoms with Crippen molar-refractivity contribution < 1.29 is 9.90 Å². The number of rotatable bonds is 4. The monoisotopic (exact) mass is 440 g/mol. The molecule has 4 aliphatic rings. The largest absolute Gasteiger partial charge is 0.393 e. The van der Waals surface area contributed by atoms with Crippen LogP contribution in [0.1, 0.15) is 113 Å². The van der Waals surface area contributed by atoms with E-state index in [0.29, 0.717) is 24.0 Å². The maximum atomic E-state index is 13.9. The lowest BCUT2D eigenvalue weighted by molar-refractivity contribution is -0.134. The van der Waals surface area contributed by atoms with Gasteiger partial charge in [0.25, 0.3) is 0 Å². The van der Waals surface area contributed by atoms with Gasteiger partial charge in [-0.25, -0.2) is 0 Å². The van der Waals surface area contributed by atoms with Gasteiger partial charge in [-0.2, -0.15) is 0 Å². The SMILES string of the molecule is CC(C)=CCC[C@@H](C)[C@H]1CC[C@@]2(C)C3=C(CC[C@]12C)[C@@]1(C)CC[C@H](O)C(C)(C)[C@@H]1CC3=O. The molecule has 0 saturated heterocycles. The molecule has 2 heteroatoms. The fourth-order valence-electron chi connectivity index (χ4n) is 9.14. The van der Waals surface area contributed by atoms with Crippen LogP contribution in [0.2, 0.25) is 0 Å². The summed E-state index contributed by atoms with van der Waals surface area (Å²) in [6, 6.07) is 0. The normalized spacial score (nSPS) is 43.9. The zero-order chi connectivity index (χ0) is 23.7. The van der Waals surface area contributed by atoms with E-state index in [1.54, 1.807) is 0 Å². The first-order valence-electron chi connectivity index (χ1n) is 13.4. The molecule has 2 saturated carbocycles. The molecule has 0 aromatic rings. The van der Waals surface area contributed by atoms with Gasteiger partial charge in [-0.1, -0.05) is 58.8 Å². The predicted octanol–water partition coefficient (Wildman–Crippen LogP) is 7.66. The summed E-state index contributed by atoms with van der Waals surface area (Å²) in [5.74, 6) is 2.08. The van der Waals surface area contributed by atoms with Crippen LogP contribution in [0, 0.1) is 39.4 Å². The second kappa shape index (κ2) is 7.82. The Balaban J connectivity index is 1.70. The number of ketones is 1. The molecule has 7 atom stereocenters. The Hall–Kier alpha value is -0.890. The molecular weight excluding hydrogens is 392 g/mol. The van der Waals surface area contributed by atoms with Gasteiger partial charge in [0.05, 0.1) is 6.10 Å². The van der Waals surface area contributed by atoms with Crippen molar-refractivity contribution in [3.05, 3.63) is 22.8 Å². The molecule has 4 aliphatic carbocycles. The van der Waals surface area contributed by atoms with Crippen LogP contribution in [-0.2, 0) is 4.79 Å². The highest BCUT2D eigenvalue weighted by atomic mass is 16.3. The molecule has 180 valence electrons. The number of aliphatic hydroxyl groups is 1. The average molecular weight is 441 g/mol. The lowest BCUT2D eigenvalue weighted by atomic mass is 9.43. The Bertz CT molecular complexity index is 843. The van der Waals surface area contributed by atoms with E-state index < -0.39 is 0 Å². The highest BCUT2D eigenvalue weighted by Gasteiger charge is 2.65. The summed E-state index contributed by atoms with van der Waals surface area (Å²) >= 11 is 0. The van der Waals surface area contributed by atoms with E-state index in [1.807, 2.05) is 0 Å². The Labute approximate surface area is 197 Å². The molecule has 1 N–H and O–H groups in total. The molecule has 0 aliphatic heterocycles. The van der Waals surface area contributed by atoms with Gasteiger partial charge in [0.1, 0.15) is 0 Å². The number of hydrogen-bond acceptors (Lipinski definition) is 2. The topological polar surface area (TPSA) is 37.3 Å². The Morgan fingerprint density at radius 3 is 2.44 bits per heavy atom. The quantitative estimate of drug-likeness (QED) is 0.456. The molecule has 0 amide bonds. The molecule has 32 heavy (non-hydrogen) atoms.